The van der Waals surface area contributed by atoms with E-state index in [-0.39, 0.29) is 11.8 Å². The van der Waals surface area contributed by atoms with E-state index in [2.05, 4.69) is 4.98 Å². The van der Waals surface area contributed by atoms with E-state index in [1.54, 1.807) is 24.3 Å². The molecule has 2 aromatic carbocycles. The van der Waals surface area contributed by atoms with Crippen LogP contribution in [-0.4, -0.2) is 17.9 Å². The summed E-state index contributed by atoms with van der Waals surface area (Å²) in [5, 5.41) is 0.342. The number of carbonyl (C=O) groups excluding carboxylic acids is 1. The highest BCUT2D eigenvalue weighted by molar-refractivity contribution is 6.33. The fourth-order valence-electron chi connectivity index (χ4n) is 2.94. The summed E-state index contributed by atoms with van der Waals surface area (Å²) in [4.78, 5) is 17.7. The normalized spacial score (nSPS) is 12.0. The minimum Gasteiger partial charge on any atom is -0.309 e. The first kappa shape index (κ1) is 22.6. The van der Waals surface area contributed by atoms with Gasteiger partial charge in [0.05, 0.1) is 23.0 Å². The van der Waals surface area contributed by atoms with Crippen LogP contribution in [0.2, 0.25) is 5.02 Å². The SMILES string of the molecule is CN(C(=O)c1cc(C(F)(F)F)cc(C(F)(F)F)c1)c1cnccc1-c1ccccc1Cl. The summed E-state index contributed by atoms with van der Waals surface area (Å²) < 4.78 is 78.8. The van der Waals surface area contributed by atoms with E-state index >= 15 is 0 Å². The maximum atomic E-state index is 13.1. The number of hydrogen-bond acceptors (Lipinski definition) is 2. The van der Waals surface area contributed by atoms with Gasteiger partial charge in [0.2, 0.25) is 0 Å². The predicted molar refractivity (Wildman–Crippen MR) is 104 cm³/mol. The lowest BCUT2D eigenvalue weighted by molar-refractivity contribution is -0.143. The number of hydrogen-bond donors (Lipinski definition) is 0. The van der Waals surface area contributed by atoms with Crippen molar-refractivity contribution in [3.8, 4) is 11.1 Å². The molecule has 0 saturated carbocycles. The van der Waals surface area contributed by atoms with Crippen LogP contribution in [0.1, 0.15) is 21.5 Å². The van der Waals surface area contributed by atoms with Gasteiger partial charge in [0.25, 0.3) is 5.91 Å². The Kier molecular flexibility index (Phi) is 6.00. The highest BCUT2D eigenvalue weighted by Crippen LogP contribution is 2.38. The Morgan fingerprint density at radius 1 is 0.903 bits per heavy atom. The summed E-state index contributed by atoms with van der Waals surface area (Å²) in [7, 11) is 1.23. The topological polar surface area (TPSA) is 33.2 Å². The van der Waals surface area contributed by atoms with E-state index in [9.17, 15) is 31.1 Å². The standard InChI is InChI=1S/C21H13ClF6N2O/c1-30(18-11-29-7-6-16(18)15-4-2-3-5-17(15)22)19(31)12-8-13(20(23,24)25)10-14(9-12)21(26,27)28/h2-11H,1H3. The Bertz CT molecular complexity index is 1100. The maximum absolute atomic E-state index is 13.1. The molecule has 1 aromatic heterocycles. The van der Waals surface area contributed by atoms with Gasteiger partial charge in [-0.15, -0.1) is 0 Å². The molecule has 0 fully saturated rings. The van der Waals surface area contributed by atoms with Gasteiger partial charge in [-0.2, -0.15) is 26.3 Å². The highest BCUT2D eigenvalue weighted by atomic mass is 35.5. The summed E-state index contributed by atoms with van der Waals surface area (Å²) in [5.74, 6) is -1.07. The number of pyridine rings is 1. The highest BCUT2D eigenvalue weighted by Gasteiger charge is 2.38. The molecule has 0 aliphatic heterocycles. The van der Waals surface area contributed by atoms with Crippen molar-refractivity contribution in [2.24, 2.45) is 0 Å². The molecule has 3 nitrogen and oxygen atoms in total. The summed E-state index contributed by atoms with van der Waals surface area (Å²) in [6.45, 7) is 0. The molecule has 10 heteroatoms. The van der Waals surface area contributed by atoms with Crippen LogP contribution in [0.3, 0.4) is 0 Å². The third-order valence-electron chi connectivity index (χ3n) is 4.46. The van der Waals surface area contributed by atoms with E-state index in [1.165, 1.54) is 25.5 Å². The average molecular weight is 459 g/mol. The van der Waals surface area contributed by atoms with E-state index in [0.717, 1.165) is 4.90 Å². The summed E-state index contributed by atoms with van der Waals surface area (Å²) in [6, 6.07) is 8.91. The van der Waals surface area contributed by atoms with Crippen LogP contribution in [0, 0.1) is 0 Å². The summed E-state index contributed by atoms with van der Waals surface area (Å²) in [6.07, 6.45) is -7.43. The number of aromatic nitrogens is 1. The third kappa shape index (κ3) is 4.82. The van der Waals surface area contributed by atoms with Gasteiger partial charge in [0, 0.05) is 35.0 Å². The average Bonchev–Trinajstić information content (AvgIpc) is 2.71. The van der Waals surface area contributed by atoms with Crippen molar-refractivity contribution in [1.29, 1.82) is 0 Å². The number of alkyl halides is 6. The van der Waals surface area contributed by atoms with E-state index < -0.39 is 35.0 Å². The molecular formula is C21H13ClF6N2O. The smallest absolute Gasteiger partial charge is 0.309 e. The zero-order valence-electron chi connectivity index (χ0n) is 15.7. The van der Waals surface area contributed by atoms with Gasteiger partial charge in [-0.3, -0.25) is 9.78 Å². The first-order valence-corrected chi connectivity index (χ1v) is 9.04. The van der Waals surface area contributed by atoms with E-state index in [1.807, 2.05) is 0 Å². The molecule has 0 saturated heterocycles. The van der Waals surface area contributed by atoms with Crippen LogP contribution in [0.15, 0.2) is 60.9 Å². The fourth-order valence-corrected chi connectivity index (χ4v) is 3.18. The van der Waals surface area contributed by atoms with Gasteiger partial charge in [-0.05, 0) is 30.3 Å². The predicted octanol–water partition coefficient (Wildman–Crippen LogP) is 6.72. The summed E-state index contributed by atoms with van der Waals surface area (Å²) >= 11 is 6.20. The van der Waals surface area contributed by atoms with Gasteiger partial charge >= 0.3 is 12.4 Å². The molecule has 31 heavy (non-hydrogen) atoms. The number of halogens is 7. The van der Waals surface area contributed by atoms with Crippen molar-refractivity contribution in [2.45, 2.75) is 12.4 Å². The number of benzene rings is 2. The Hall–Kier alpha value is -3.07. The van der Waals surface area contributed by atoms with Gasteiger partial charge in [-0.1, -0.05) is 29.8 Å². The molecule has 3 aromatic rings. The lowest BCUT2D eigenvalue weighted by Crippen LogP contribution is -2.28. The molecule has 0 atom stereocenters. The second-order valence-electron chi connectivity index (χ2n) is 6.53. The van der Waals surface area contributed by atoms with Crippen LogP contribution in [0.25, 0.3) is 11.1 Å². The molecule has 1 amide bonds. The zero-order valence-corrected chi connectivity index (χ0v) is 16.5. The quantitative estimate of drug-likeness (QED) is 0.408. The molecular weight excluding hydrogens is 446 g/mol. The Morgan fingerprint density at radius 3 is 2.03 bits per heavy atom. The number of anilines is 1. The second-order valence-corrected chi connectivity index (χ2v) is 6.94. The number of rotatable bonds is 3. The third-order valence-corrected chi connectivity index (χ3v) is 4.79. The number of nitrogens with zero attached hydrogens (tertiary/aromatic N) is 2. The minimum atomic E-state index is -5.06. The van der Waals surface area contributed by atoms with Crippen molar-refractivity contribution in [2.75, 3.05) is 11.9 Å². The Balaban J connectivity index is 2.10. The maximum Gasteiger partial charge on any atom is 0.416 e. The van der Waals surface area contributed by atoms with Crippen molar-refractivity contribution in [1.82, 2.24) is 4.98 Å². The first-order chi connectivity index (χ1) is 14.4. The van der Waals surface area contributed by atoms with Gasteiger partial charge < -0.3 is 4.90 Å². The van der Waals surface area contributed by atoms with Gasteiger partial charge in [-0.25, -0.2) is 0 Å². The fraction of sp³-hybridized carbons (Fsp3) is 0.143. The van der Waals surface area contributed by atoms with Crippen LogP contribution in [0.4, 0.5) is 32.0 Å². The van der Waals surface area contributed by atoms with Crippen molar-refractivity contribution in [3.63, 3.8) is 0 Å². The Labute approximate surface area is 177 Å². The lowest BCUT2D eigenvalue weighted by Gasteiger charge is -2.22. The van der Waals surface area contributed by atoms with Crippen molar-refractivity contribution < 1.29 is 31.1 Å². The molecule has 0 N–H and O–H groups in total. The van der Waals surface area contributed by atoms with Crippen LogP contribution in [0.5, 0.6) is 0 Å². The molecule has 0 spiro atoms. The van der Waals surface area contributed by atoms with Crippen LogP contribution >= 0.6 is 11.6 Å². The largest absolute Gasteiger partial charge is 0.416 e. The van der Waals surface area contributed by atoms with Crippen molar-refractivity contribution in [3.05, 3.63) is 82.6 Å². The van der Waals surface area contributed by atoms with Crippen LogP contribution < -0.4 is 4.90 Å². The monoisotopic (exact) mass is 458 g/mol. The lowest BCUT2D eigenvalue weighted by atomic mass is 10.0. The molecule has 3 rings (SSSR count). The summed E-state index contributed by atoms with van der Waals surface area (Å²) in [5.41, 5.74) is -2.81. The van der Waals surface area contributed by atoms with Gasteiger partial charge in [0.15, 0.2) is 0 Å². The molecule has 1 heterocycles. The zero-order chi connectivity index (χ0) is 23.0. The molecule has 0 bridgehead atoms. The molecule has 0 aliphatic rings. The van der Waals surface area contributed by atoms with Crippen LogP contribution in [-0.2, 0) is 12.4 Å². The molecule has 0 unspecified atom stereocenters. The number of amides is 1. The second kappa shape index (κ2) is 8.22. The van der Waals surface area contributed by atoms with Gasteiger partial charge in [0.1, 0.15) is 0 Å². The molecule has 162 valence electrons. The molecule has 0 aliphatic carbocycles. The molecule has 0 radical (unpaired) electrons. The first-order valence-electron chi connectivity index (χ1n) is 8.66. The van der Waals surface area contributed by atoms with Crippen molar-refractivity contribution >= 4 is 23.2 Å². The van der Waals surface area contributed by atoms with E-state index in [4.69, 9.17) is 11.6 Å². The Morgan fingerprint density at radius 2 is 1.48 bits per heavy atom. The van der Waals surface area contributed by atoms with E-state index in [0.29, 0.717) is 28.3 Å². The minimum absolute atomic E-state index is 0.0317. The number of carbonyl (C=O) groups is 1.